The molecule has 1 saturated heterocycles. The average molecular weight is 427 g/mol. The minimum Gasteiger partial charge on any atom is -0.391 e. The highest BCUT2D eigenvalue weighted by Crippen LogP contribution is 2.62. The van der Waals surface area contributed by atoms with E-state index in [0.29, 0.717) is 15.7 Å². The molecule has 6 rings (SSSR count). The van der Waals surface area contributed by atoms with Crippen LogP contribution in [0, 0.1) is 29.6 Å². The highest BCUT2D eigenvalue weighted by molar-refractivity contribution is 6.34. The van der Waals surface area contributed by atoms with E-state index in [1.54, 1.807) is 24.3 Å². The summed E-state index contributed by atoms with van der Waals surface area (Å²) in [6.45, 7) is 0. The normalized spacial score (nSPS) is 34.3. The number of hydrogen-bond donors (Lipinski definition) is 0. The Balaban J connectivity index is 1.37. The second-order valence-corrected chi connectivity index (χ2v) is 9.00. The zero-order chi connectivity index (χ0) is 19.9. The summed E-state index contributed by atoms with van der Waals surface area (Å²) in [5.41, 5.74) is 2.22. The minimum atomic E-state index is -0.342. The monoisotopic (exact) mass is 426 g/mol. The Kier molecular flexibility index (Phi) is 3.66. The van der Waals surface area contributed by atoms with Crippen LogP contribution in [0.5, 0.6) is 0 Å². The van der Waals surface area contributed by atoms with Gasteiger partial charge in [0.15, 0.2) is 0 Å². The lowest BCUT2D eigenvalue weighted by atomic mass is 9.71. The number of carbonyl (C=O) groups excluding carboxylic acids is 2. The number of benzene rings is 2. The standard InChI is InChI=1S/C22H16Cl2N2O3/c23-10-5-7-11(8-6-10)26-21(27)16-13-9-14(17(16)22(26)28)20-18(13)19(25-29-20)12-3-1-2-4-15(12)24/h1-8,13-14,16-18,20H,9H2/t13-,14-,16+,17-,18-,20+/m1/s1. The van der Waals surface area contributed by atoms with Crippen LogP contribution >= 0.6 is 23.2 Å². The highest BCUT2D eigenvalue weighted by atomic mass is 35.5. The van der Waals surface area contributed by atoms with Crippen molar-refractivity contribution in [3.05, 3.63) is 64.1 Å². The maximum absolute atomic E-state index is 13.3. The molecule has 0 N–H and O–H groups in total. The molecule has 2 aromatic rings. The molecular formula is C22H16Cl2N2O3. The first-order valence-electron chi connectivity index (χ1n) is 9.68. The molecule has 7 heteroatoms. The molecule has 2 aliphatic heterocycles. The van der Waals surface area contributed by atoms with Crippen LogP contribution < -0.4 is 4.90 Å². The van der Waals surface area contributed by atoms with Crippen LogP contribution in [0.1, 0.15) is 12.0 Å². The van der Waals surface area contributed by atoms with Gasteiger partial charge in [-0.25, -0.2) is 0 Å². The Labute approximate surface area is 177 Å². The van der Waals surface area contributed by atoms with Gasteiger partial charge in [-0.1, -0.05) is 46.6 Å². The van der Waals surface area contributed by atoms with E-state index in [1.165, 1.54) is 4.90 Å². The molecule has 2 aromatic carbocycles. The molecule has 0 radical (unpaired) electrons. The number of hydrogen-bond acceptors (Lipinski definition) is 4. The van der Waals surface area contributed by atoms with Gasteiger partial charge in [-0.15, -0.1) is 0 Å². The molecule has 146 valence electrons. The van der Waals surface area contributed by atoms with Gasteiger partial charge in [0.2, 0.25) is 11.8 Å². The van der Waals surface area contributed by atoms with E-state index in [0.717, 1.165) is 17.7 Å². The van der Waals surface area contributed by atoms with Gasteiger partial charge in [-0.3, -0.25) is 14.5 Å². The third-order valence-electron chi connectivity index (χ3n) is 6.93. The van der Waals surface area contributed by atoms with Gasteiger partial charge in [0.1, 0.15) is 6.10 Å². The molecule has 2 aliphatic carbocycles. The third kappa shape index (κ3) is 2.26. The largest absolute Gasteiger partial charge is 0.391 e. The van der Waals surface area contributed by atoms with Crippen molar-refractivity contribution in [2.75, 3.05) is 4.90 Å². The van der Waals surface area contributed by atoms with Crippen LogP contribution in [-0.2, 0) is 14.4 Å². The number of imide groups is 1. The van der Waals surface area contributed by atoms with Crippen LogP contribution in [0.3, 0.4) is 0 Å². The van der Waals surface area contributed by atoms with Crippen molar-refractivity contribution in [3.63, 3.8) is 0 Å². The first-order valence-corrected chi connectivity index (χ1v) is 10.4. The average Bonchev–Trinajstić information content (AvgIpc) is 3.44. The van der Waals surface area contributed by atoms with Crippen molar-refractivity contribution >= 4 is 46.4 Å². The van der Waals surface area contributed by atoms with Crippen molar-refractivity contribution in [3.8, 4) is 0 Å². The summed E-state index contributed by atoms with van der Waals surface area (Å²) in [7, 11) is 0. The fourth-order valence-electron chi connectivity index (χ4n) is 5.86. The predicted molar refractivity (Wildman–Crippen MR) is 109 cm³/mol. The van der Waals surface area contributed by atoms with Crippen molar-refractivity contribution < 1.29 is 14.4 Å². The molecule has 3 fully saturated rings. The van der Waals surface area contributed by atoms with E-state index in [4.69, 9.17) is 28.0 Å². The number of rotatable bonds is 2. The number of anilines is 1. The van der Waals surface area contributed by atoms with Gasteiger partial charge < -0.3 is 4.84 Å². The zero-order valence-electron chi connectivity index (χ0n) is 15.2. The quantitative estimate of drug-likeness (QED) is 0.677. The highest BCUT2D eigenvalue weighted by Gasteiger charge is 2.70. The molecule has 29 heavy (non-hydrogen) atoms. The summed E-state index contributed by atoms with van der Waals surface area (Å²) >= 11 is 12.4. The molecule has 2 heterocycles. The van der Waals surface area contributed by atoms with Crippen LogP contribution in [0.25, 0.3) is 0 Å². The fourth-order valence-corrected chi connectivity index (χ4v) is 6.22. The molecule has 2 saturated carbocycles. The Bertz CT molecular complexity index is 1080. The summed E-state index contributed by atoms with van der Waals surface area (Å²) in [5.74, 6) is -0.928. The molecule has 2 amide bonds. The SMILES string of the molecule is O=C1[C@@H]2[C@H]3C[C@@H]([C@@H]4C(c5ccccc5Cl)=NO[C@@H]34)[C@@H]2C(=O)N1c1ccc(Cl)cc1. The number of fused-ring (bicyclic) bond motifs is 8. The van der Waals surface area contributed by atoms with E-state index >= 15 is 0 Å². The summed E-state index contributed by atoms with van der Waals surface area (Å²) < 4.78 is 0. The van der Waals surface area contributed by atoms with Gasteiger partial charge in [0, 0.05) is 27.4 Å². The summed E-state index contributed by atoms with van der Waals surface area (Å²) in [6, 6.07) is 14.4. The number of nitrogens with zero attached hydrogens (tertiary/aromatic N) is 2. The van der Waals surface area contributed by atoms with Gasteiger partial charge in [-0.05, 0) is 42.7 Å². The number of amides is 2. The number of carbonyl (C=O) groups is 2. The lowest BCUT2D eigenvalue weighted by Crippen LogP contribution is -2.41. The topological polar surface area (TPSA) is 59.0 Å². The summed E-state index contributed by atoms with van der Waals surface area (Å²) in [6.07, 6.45) is 0.634. The molecule has 6 atom stereocenters. The second kappa shape index (κ2) is 6.07. The van der Waals surface area contributed by atoms with Crippen molar-refractivity contribution in [2.24, 2.45) is 34.7 Å². The van der Waals surface area contributed by atoms with E-state index in [9.17, 15) is 9.59 Å². The zero-order valence-corrected chi connectivity index (χ0v) is 16.7. The van der Waals surface area contributed by atoms with Crippen LogP contribution in [0.4, 0.5) is 5.69 Å². The predicted octanol–water partition coefficient (Wildman–Crippen LogP) is 4.17. The molecule has 0 unspecified atom stereocenters. The molecule has 5 nitrogen and oxygen atoms in total. The maximum atomic E-state index is 13.3. The number of halogens is 2. The Morgan fingerprint density at radius 2 is 1.59 bits per heavy atom. The third-order valence-corrected chi connectivity index (χ3v) is 7.51. The van der Waals surface area contributed by atoms with Gasteiger partial charge in [0.25, 0.3) is 0 Å². The van der Waals surface area contributed by atoms with Crippen molar-refractivity contribution in [1.82, 2.24) is 0 Å². The molecule has 0 spiro atoms. The van der Waals surface area contributed by atoms with E-state index in [1.807, 2.05) is 24.3 Å². The van der Waals surface area contributed by atoms with Crippen LogP contribution in [-0.4, -0.2) is 23.6 Å². The molecular weight excluding hydrogens is 411 g/mol. The molecule has 0 aromatic heterocycles. The molecule has 4 aliphatic rings. The summed E-state index contributed by atoms with van der Waals surface area (Å²) in [4.78, 5) is 33.7. The second-order valence-electron chi connectivity index (χ2n) is 8.16. The Morgan fingerprint density at radius 3 is 2.31 bits per heavy atom. The summed E-state index contributed by atoms with van der Waals surface area (Å²) in [5, 5.41) is 5.52. The van der Waals surface area contributed by atoms with Gasteiger partial charge in [0.05, 0.1) is 23.2 Å². The van der Waals surface area contributed by atoms with Crippen molar-refractivity contribution in [2.45, 2.75) is 12.5 Å². The fraction of sp³-hybridized carbons (Fsp3) is 0.318. The first kappa shape index (κ1) is 17.5. The minimum absolute atomic E-state index is 0.00696. The van der Waals surface area contributed by atoms with E-state index < -0.39 is 0 Å². The van der Waals surface area contributed by atoms with E-state index in [-0.39, 0.29) is 47.5 Å². The maximum Gasteiger partial charge on any atom is 0.238 e. The first-order chi connectivity index (χ1) is 14.1. The van der Waals surface area contributed by atoms with Gasteiger partial charge in [-0.2, -0.15) is 0 Å². The van der Waals surface area contributed by atoms with E-state index in [2.05, 4.69) is 5.16 Å². The van der Waals surface area contributed by atoms with Gasteiger partial charge >= 0.3 is 0 Å². The van der Waals surface area contributed by atoms with Crippen LogP contribution in [0.15, 0.2) is 53.7 Å². The number of oxime groups is 1. The Morgan fingerprint density at radius 1 is 0.897 bits per heavy atom. The smallest absolute Gasteiger partial charge is 0.238 e. The van der Waals surface area contributed by atoms with Crippen LogP contribution in [0.2, 0.25) is 10.0 Å². The lowest BCUT2D eigenvalue weighted by Gasteiger charge is -2.30. The molecule has 2 bridgehead atoms. The lowest BCUT2D eigenvalue weighted by molar-refractivity contribution is -0.125. The van der Waals surface area contributed by atoms with Crippen molar-refractivity contribution in [1.29, 1.82) is 0 Å². The Hall–Kier alpha value is -2.37.